The third kappa shape index (κ3) is 1.62. The van der Waals surface area contributed by atoms with Gasteiger partial charge in [0, 0.05) is 10.7 Å². The molecule has 0 atom stereocenters. The fourth-order valence-corrected chi connectivity index (χ4v) is 1.80. The van der Waals surface area contributed by atoms with Crippen molar-refractivity contribution in [1.82, 2.24) is 14.8 Å². The quantitative estimate of drug-likeness (QED) is 0.461. The summed E-state index contributed by atoms with van der Waals surface area (Å²) in [6.45, 7) is 1.77. The maximum Gasteiger partial charge on any atom is 0.284 e. The maximum absolute atomic E-state index is 11.5. The first-order valence-electron chi connectivity index (χ1n) is 4.28. The summed E-state index contributed by atoms with van der Waals surface area (Å²) in [5.41, 5.74) is 3.92. The van der Waals surface area contributed by atoms with Gasteiger partial charge >= 0.3 is 0 Å². The smallest absolute Gasteiger partial charge is 0.284 e. The van der Waals surface area contributed by atoms with Gasteiger partial charge in [-0.25, -0.2) is 10.8 Å². The Labute approximate surface area is 94.4 Å². The van der Waals surface area contributed by atoms with E-state index < -0.39 is 0 Å². The van der Waals surface area contributed by atoms with E-state index in [1.54, 1.807) is 17.5 Å². The van der Waals surface area contributed by atoms with Gasteiger partial charge in [0.2, 0.25) is 0 Å². The number of carbonyl (C=O) groups excluding carboxylic acids is 1. The van der Waals surface area contributed by atoms with Gasteiger partial charge in [0.1, 0.15) is 11.3 Å². The van der Waals surface area contributed by atoms with Gasteiger partial charge in [-0.1, -0.05) is 15.9 Å². The number of nitrogens with two attached hydrogens (primary N) is 1. The molecule has 0 aliphatic heterocycles. The molecule has 0 bridgehead atoms. The van der Waals surface area contributed by atoms with E-state index in [1.165, 1.54) is 0 Å². The molecule has 0 saturated carbocycles. The number of imidazole rings is 1. The lowest BCUT2D eigenvalue weighted by molar-refractivity contribution is 0.0947. The van der Waals surface area contributed by atoms with E-state index >= 15 is 0 Å². The largest absolute Gasteiger partial charge is 0.295 e. The van der Waals surface area contributed by atoms with E-state index in [0.717, 1.165) is 4.47 Å². The number of nitrogens with zero attached hydrogens (tertiary/aromatic N) is 2. The Balaban J connectivity index is 2.73. The minimum absolute atomic E-state index is 0.345. The van der Waals surface area contributed by atoms with Crippen LogP contribution in [0, 0.1) is 6.92 Å². The van der Waals surface area contributed by atoms with Crippen LogP contribution in [0.2, 0.25) is 0 Å². The zero-order valence-corrected chi connectivity index (χ0v) is 9.58. The third-order valence-electron chi connectivity index (χ3n) is 2.11. The van der Waals surface area contributed by atoms with Gasteiger partial charge in [-0.3, -0.25) is 14.6 Å². The second-order valence-corrected chi connectivity index (χ2v) is 4.01. The van der Waals surface area contributed by atoms with Gasteiger partial charge in [-0.05, 0) is 19.1 Å². The molecule has 0 radical (unpaired) electrons. The van der Waals surface area contributed by atoms with E-state index in [9.17, 15) is 4.79 Å². The van der Waals surface area contributed by atoms with Crippen LogP contribution >= 0.6 is 15.9 Å². The number of fused-ring (bicyclic) bond motifs is 1. The van der Waals surface area contributed by atoms with Crippen molar-refractivity contribution < 1.29 is 4.79 Å². The van der Waals surface area contributed by atoms with Crippen molar-refractivity contribution in [2.24, 2.45) is 5.84 Å². The molecule has 2 aromatic heterocycles. The number of nitrogen functional groups attached to an aromatic ring is 1. The predicted molar refractivity (Wildman–Crippen MR) is 59.3 cm³/mol. The highest BCUT2D eigenvalue weighted by Gasteiger charge is 2.15. The molecular formula is C9H9BrN4O. The average Bonchev–Trinajstić information content (AvgIpc) is 2.52. The Kier molecular flexibility index (Phi) is 2.45. The summed E-state index contributed by atoms with van der Waals surface area (Å²) in [6, 6.07) is 3.67. The zero-order valence-electron chi connectivity index (χ0n) is 7.99. The number of hydrogen-bond donors (Lipinski definition) is 2. The Morgan fingerprint density at radius 3 is 3.07 bits per heavy atom. The number of rotatable bonds is 1. The van der Waals surface area contributed by atoms with Crippen molar-refractivity contribution in [2.45, 2.75) is 6.92 Å². The van der Waals surface area contributed by atoms with Gasteiger partial charge < -0.3 is 0 Å². The first kappa shape index (κ1) is 10.1. The number of aromatic nitrogens is 2. The van der Waals surface area contributed by atoms with Crippen molar-refractivity contribution >= 4 is 27.5 Å². The highest BCUT2D eigenvalue weighted by molar-refractivity contribution is 9.10. The molecule has 78 valence electrons. The number of hydrazine groups is 1. The highest BCUT2D eigenvalue weighted by atomic mass is 79.9. The Morgan fingerprint density at radius 1 is 1.67 bits per heavy atom. The van der Waals surface area contributed by atoms with Crippen LogP contribution < -0.4 is 11.3 Å². The van der Waals surface area contributed by atoms with Crippen LogP contribution in [0.3, 0.4) is 0 Å². The van der Waals surface area contributed by atoms with Crippen LogP contribution in [0.15, 0.2) is 22.8 Å². The summed E-state index contributed by atoms with van der Waals surface area (Å²) >= 11 is 3.34. The minimum atomic E-state index is -0.345. The van der Waals surface area contributed by atoms with Crippen molar-refractivity contribution in [3.05, 3.63) is 34.2 Å². The van der Waals surface area contributed by atoms with Gasteiger partial charge in [-0.2, -0.15) is 0 Å². The van der Waals surface area contributed by atoms with Crippen LogP contribution in [0.4, 0.5) is 0 Å². The molecule has 2 heterocycles. The van der Waals surface area contributed by atoms with Gasteiger partial charge in [0.15, 0.2) is 0 Å². The minimum Gasteiger partial charge on any atom is -0.295 e. The summed E-state index contributed by atoms with van der Waals surface area (Å²) in [7, 11) is 0. The van der Waals surface area contributed by atoms with Crippen molar-refractivity contribution in [3.63, 3.8) is 0 Å². The number of carbonyl (C=O) groups is 1. The standard InChI is InChI=1S/C9H9BrN4O/c1-5-8(9(15)13-11)14-3-2-6(10)4-7(14)12-5/h2-4H,11H2,1H3,(H,13,15). The molecule has 5 nitrogen and oxygen atoms in total. The lowest BCUT2D eigenvalue weighted by atomic mass is 10.3. The Morgan fingerprint density at radius 2 is 2.40 bits per heavy atom. The first-order chi connectivity index (χ1) is 7.13. The monoisotopic (exact) mass is 268 g/mol. The van der Waals surface area contributed by atoms with Crippen LogP contribution in [0.5, 0.6) is 0 Å². The maximum atomic E-state index is 11.5. The fraction of sp³-hybridized carbons (Fsp3) is 0.111. The summed E-state index contributed by atoms with van der Waals surface area (Å²) in [5, 5.41) is 0. The topological polar surface area (TPSA) is 72.4 Å². The van der Waals surface area contributed by atoms with Crippen LogP contribution in [-0.2, 0) is 0 Å². The normalized spacial score (nSPS) is 10.6. The summed E-state index contributed by atoms with van der Waals surface area (Å²) < 4.78 is 2.61. The van der Waals surface area contributed by atoms with E-state index in [0.29, 0.717) is 17.0 Å². The van der Waals surface area contributed by atoms with E-state index in [-0.39, 0.29) is 5.91 Å². The van der Waals surface area contributed by atoms with Crippen LogP contribution in [0.25, 0.3) is 5.65 Å². The number of amides is 1. The molecule has 0 unspecified atom stereocenters. The third-order valence-corrected chi connectivity index (χ3v) is 2.60. The first-order valence-corrected chi connectivity index (χ1v) is 5.08. The second-order valence-electron chi connectivity index (χ2n) is 3.09. The van der Waals surface area contributed by atoms with E-state index in [1.807, 2.05) is 12.1 Å². The molecule has 2 rings (SSSR count). The fourth-order valence-electron chi connectivity index (χ4n) is 1.48. The summed E-state index contributed by atoms with van der Waals surface area (Å²) in [4.78, 5) is 15.7. The van der Waals surface area contributed by atoms with Gasteiger partial charge in [-0.15, -0.1) is 0 Å². The SMILES string of the molecule is Cc1nc2cc(Br)ccn2c1C(=O)NN. The molecular weight excluding hydrogens is 260 g/mol. The molecule has 6 heteroatoms. The van der Waals surface area contributed by atoms with Crippen LogP contribution in [-0.4, -0.2) is 15.3 Å². The molecule has 0 aliphatic rings. The Hall–Kier alpha value is -1.40. The van der Waals surface area contributed by atoms with Gasteiger partial charge in [0.05, 0.1) is 5.69 Å². The van der Waals surface area contributed by atoms with Crippen LogP contribution in [0.1, 0.15) is 16.2 Å². The molecule has 1 amide bonds. The molecule has 3 N–H and O–H groups in total. The molecule has 0 aromatic carbocycles. The van der Waals surface area contributed by atoms with Crippen molar-refractivity contribution in [2.75, 3.05) is 0 Å². The zero-order chi connectivity index (χ0) is 11.0. The van der Waals surface area contributed by atoms with Crippen molar-refractivity contribution in [3.8, 4) is 0 Å². The van der Waals surface area contributed by atoms with Crippen molar-refractivity contribution in [1.29, 1.82) is 0 Å². The number of aryl methyl sites for hydroxylation is 1. The summed E-state index contributed by atoms with van der Waals surface area (Å²) in [5.74, 6) is 4.76. The predicted octanol–water partition coefficient (Wildman–Crippen LogP) is 1.01. The highest BCUT2D eigenvalue weighted by Crippen LogP contribution is 2.16. The Bertz CT molecular complexity index is 534. The van der Waals surface area contributed by atoms with Gasteiger partial charge in [0.25, 0.3) is 5.91 Å². The second kappa shape index (κ2) is 3.63. The average molecular weight is 269 g/mol. The number of halogens is 1. The summed E-state index contributed by atoms with van der Waals surface area (Å²) in [6.07, 6.45) is 1.77. The lowest BCUT2D eigenvalue weighted by Gasteiger charge is -2.00. The molecule has 0 spiro atoms. The number of hydrogen-bond acceptors (Lipinski definition) is 3. The van der Waals surface area contributed by atoms with E-state index in [2.05, 4.69) is 26.3 Å². The molecule has 0 aliphatic carbocycles. The molecule has 15 heavy (non-hydrogen) atoms. The molecule has 0 saturated heterocycles. The number of pyridine rings is 1. The number of nitrogens with one attached hydrogen (secondary N) is 1. The van der Waals surface area contributed by atoms with E-state index in [4.69, 9.17) is 5.84 Å². The molecule has 2 aromatic rings. The molecule has 0 fully saturated rings. The lowest BCUT2D eigenvalue weighted by Crippen LogP contribution is -2.31.